The van der Waals surface area contributed by atoms with Gasteiger partial charge in [-0.2, -0.15) is 0 Å². The van der Waals surface area contributed by atoms with E-state index in [1.165, 1.54) is 58.3 Å². The molecule has 3 saturated heterocycles. The molecule has 0 atom stereocenters. The molecule has 4 rings (SSSR count). The molecule has 0 saturated carbocycles. The molecule has 3 fully saturated rings. The summed E-state index contributed by atoms with van der Waals surface area (Å²) in [6.45, 7) is 6.96. The quantitative estimate of drug-likeness (QED) is 0.833. The second-order valence-electron chi connectivity index (χ2n) is 8.25. The number of likely N-dealkylation sites (tertiary alicyclic amines) is 3. The molecule has 4 heteroatoms. The highest BCUT2D eigenvalue weighted by molar-refractivity contribution is 5.94. The molecule has 142 valence electrons. The molecule has 26 heavy (non-hydrogen) atoms. The van der Waals surface area contributed by atoms with Crippen LogP contribution in [0.2, 0.25) is 0 Å². The fourth-order valence-corrected chi connectivity index (χ4v) is 5.10. The molecule has 0 N–H and O–H groups in total. The fraction of sp³-hybridized carbons (Fsp3) is 0.682. The number of nitrogens with zero attached hydrogens (tertiary/aromatic N) is 3. The van der Waals surface area contributed by atoms with Gasteiger partial charge in [0, 0.05) is 30.7 Å². The third kappa shape index (κ3) is 4.12. The van der Waals surface area contributed by atoms with Gasteiger partial charge in [-0.1, -0.05) is 24.6 Å². The Morgan fingerprint density at radius 2 is 1.23 bits per heavy atom. The van der Waals surface area contributed by atoms with Crippen LogP contribution in [0.5, 0.6) is 0 Å². The normalized spacial score (nSPS) is 24.7. The average molecular weight is 356 g/mol. The van der Waals surface area contributed by atoms with Gasteiger partial charge >= 0.3 is 0 Å². The minimum absolute atomic E-state index is 0.202. The summed E-state index contributed by atoms with van der Waals surface area (Å²) in [6.07, 6.45) is 9.16. The van der Waals surface area contributed by atoms with Gasteiger partial charge in [0.1, 0.15) is 0 Å². The number of benzene rings is 1. The first-order valence-electron chi connectivity index (χ1n) is 10.6. The summed E-state index contributed by atoms with van der Waals surface area (Å²) in [5.74, 6) is 0.202. The van der Waals surface area contributed by atoms with Gasteiger partial charge in [-0.05, 0) is 76.8 Å². The molecular weight excluding hydrogens is 322 g/mol. The average Bonchev–Trinajstić information content (AvgIpc) is 2.75. The maximum absolute atomic E-state index is 12.6. The minimum atomic E-state index is 0.202. The number of rotatable bonds is 3. The van der Waals surface area contributed by atoms with Crippen LogP contribution in [0.25, 0.3) is 0 Å². The van der Waals surface area contributed by atoms with Gasteiger partial charge in [-0.15, -0.1) is 0 Å². The molecule has 3 aliphatic heterocycles. The Morgan fingerprint density at radius 1 is 0.692 bits per heavy atom. The lowest BCUT2D eigenvalue weighted by atomic mass is 9.95. The number of amides is 1. The summed E-state index contributed by atoms with van der Waals surface area (Å²) in [7, 11) is 0. The van der Waals surface area contributed by atoms with Crippen LogP contribution in [-0.4, -0.2) is 72.0 Å². The number of hydrogen-bond donors (Lipinski definition) is 0. The van der Waals surface area contributed by atoms with Crippen LogP contribution in [0.3, 0.4) is 0 Å². The second kappa shape index (κ2) is 8.53. The van der Waals surface area contributed by atoms with Crippen molar-refractivity contribution < 1.29 is 4.79 Å². The monoisotopic (exact) mass is 355 g/mol. The van der Waals surface area contributed by atoms with Gasteiger partial charge in [0.2, 0.25) is 0 Å². The number of piperidine rings is 3. The summed E-state index contributed by atoms with van der Waals surface area (Å²) < 4.78 is 0. The zero-order valence-corrected chi connectivity index (χ0v) is 16.0. The summed E-state index contributed by atoms with van der Waals surface area (Å²) in [5.41, 5.74) is 0.827. The molecule has 0 bridgehead atoms. The number of carbonyl (C=O) groups is 1. The molecule has 1 aromatic carbocycles. The van der Waals surface area contributed by atoms with Crippen LogP contribution >= 0.6 is 0 Å². The molecular formula is C22H33N3O. The SMILES string of the molecule is O=C(c1ccccc1)N1CCC(N2CCC(N3CCCCC3)CC2)CC1. The van der Waals surface area contributed by atoms with Crippen molar-refractivity contribution in [2.75, 3.05) is 39.3 Å². The van der Waals surface area contributed by atoms with E-state index in [0.29, 0.717) is 6.04 Å². The van der Waals surface area contributed by atoms with E-state index < -0.39 is 0 Å². The van der Waals surface area contributed by atoms with Crippen LogP contribution in [-0.2, 0) is 0 Å². The van der Waals surface area contributed by atoms with Crippen molar-refractivity contribution >= 4 is 5.91 Å². The highest BCUT2D eigenvalue weighted by Crippen LogP contribution is 2.25. The maximum Gasteiger partial charge on any atom is 0.253 e. The van der Waals surface area contributed by atoms with Crippen molar-refractivity contribution in [1.29, 1.82) is 0 Å². The zero-order chi connectivity index (χ0) is 17.8. The summed E-state index contributed by atoms with van der Waals surface area (Å²) in [5, 5.41) is 0. The molecule has 4 nitrogen and oxygen atoms in total. The number of hydrogen-bond acceptors (Lipinski definition) is 3. The third-order valence-electron chi connectivity index (χ3n) is 6.69. The summed E-state index contributed by atoms with van der Waals surface area (Å²) in [6, 6.07) is 11.2. The molecule has 1 amide bonds. The summed E-state index contributed by atoms with van der Waals surface area (Å²) >= 11 is 0. The van der Waals surface area contributed by atoms with Gasteiger partial charge in [0.05, 0.1) is 0 Å². The third-order valence-corrected chi connectivity index (χ3v) is 6.69. The van der Waals surface area contributed by atoms with E-state index in [1.54, 1.807) is 0 Å². The first-order chi connectivity index (χ1) is 12.8. The molecule has 3 aliphatic rings. The Balaban J connectivity index is 1.23. The Morgan fingerprint density at radius 3 is 1.85 bits per heavy atom. The van der Waals surface area contributed by atoms with Gasteiger partial charge in [-0.25, -0.2) is 0 Å². The molecule has 0 radical (unpaired) electrons. The van der Waals surface area contributed by atoms with Gasteiger partial charge in [0.15, 0.2) is 0 Å². The highest BCUT2D eigenvalue weighted by Gasteiger charge is 2.31. The van der Waals surface area contributed by atoms with E-state index in [9.17, 15) is 4.79 Å². The predicted molar refractivity (Wildman–Crippen MR) is 105 cm³/mol. The van der Waals surface area contributed by atoms with E-state index in [4.69, 9.17) is 0 Å². The topological polar surface area (TPSA) is 26.8 Å². The van der Waals surface area contributed by atoms with Gasteiger partial charge in [-0.3, -0.25) is 4.79 Å². The van der Waals surface area contributed by atoms with Crippen LogP contribution in [0, 0.1) is 0 Å². The van der Waals surface area contributed by atoms with Crippen molar-refractivity contribution in [3.63, 3.8) is 0 Å². The Hall–Kier alpha value is -1.39. The smallest absolute Gasteiger partial charge is 0.253 e. The van der Waals surface area contributed by atoms with Crippen molar-refractivity contribution in [2.24, 2.45) is 0 Å². The number of carbonyl (C=O) groups excluding carboxylic acids is 1. The predicted octanol–water partition coefficient (Wildman–Crippen LogP) is 3.24. The lowest BCUT2D eigenvalue weighted by Crippen LogP contribution is -2.52. The van der Waals surface area contributed by atoms with Gasteiger partial charge < -0.3 is 14.7 Å². The largest absolute Gasteiger partial charge is 0.339 e. The molecule has 0 aromatic heterocycles. The second-order valence-corrected chi connectivity index (χ2v) is 8.25. The standard InChI is InChI=1S/C22H33N3O/c26-22(19-7-3-1-4-8-19)25-17-11-21(12-18-25)24-15-9-20(10-16-24)23-13-5-2-6-14-23/h1,3-4,7-8,20-21H,2,5-6,9-18H2. The Labute approximate surface area is 158 Å². The van der Waals surface area contributed by atoms with Crippen LogP contribution < -0.4 is 0 Å². The molecule has 1 aromatic rings. The zero-order valence-electron chi connectivity index (χ0n) is 16.0. The van der Waals surface area contributed by atoms with E-state index in [2.05, 4.69) is 9.80 Å². The van der Waals surface area contributed by atoms with Crippen LogP contribution in [0.15, 0.2) is 30.3 Å². The highest BCUT2D eigenvalue weighted by atomic mass is 16.2. The van der Waals surface area contributed by atoms with E-state index in [-0.39, 0.29) is 5.91 Å². The van der Waals surface area contributed by atoms with E-state index in [1.807, 2.05) is 35.2 Å². The first kappa shape index (κ1) is 18.0. The molecule has 0 spiro atoms. The molecule has 0 unspecified atom stereocenters. The lowest BCUT2D eigenvalue weighted by Gasteiger charge is -2.44. The van der Waals surface area contributed by atoms with Crippen molar-refractivity contribution in [3.8, 4) is 0 Å². The van der Waals surface area contributed by atoms with Crippen molar-refractivity contribution in [2.45, 2.75) is 57.0 Å². The maximum atomic E-state index is 12.6. The van der Waals surface area contributed by atoms with Gasteiger partial charge in [0.25, 0.3) is 5.91 Å². The Bertz CT molecular complexity index is 568. The summed E-state index contributed by atoms with van der Waals surface area (Å²) in [4.78, 5) is 20.1. The van der Waals surface area contributed by atoms with Crippen LogP contribution in [0.1, 0.15) is 55.3 Å². The fourth-order valence-electron chi connectivity index (χ4n) is 5.10. The van der Waals surface area contributed by atoms with E-state index in [0.717, 1.165) is 37.5 Å². The Kier molecular flexibility index (Phi) is 5.91. The first-order valence-corrected chi connectivity index (χ1v) is 10.6. The van der Waals surface area contributed by atoms with Crippen molar-refractivity contribution in [1.82, 2.24) is 14.7 Å². The minimum Gasteiger partial charge on any atom is -0.339 e. The lowest BCUT2D eigenvalue weighted by molar-refractivity contribution is 0.0427. The van der Waals surface area contributed by atoms with E-state index >= 15 is 0 Å². The molecule has 3 heterocycles. The van der Waals surface area contributed by atoms with Crippen LogP contribution in [0.4, 0.5) is 0 Å². The van der Waals surface area contributed by atoms with Crippen molar-refractivity contribution in [3.05, 3.63) is 35.9 Å². The molecule has 0 aliphatic carbocycles.